The molecule has 0 spiro atoms. The van der Waals surface area contributed by atoms with Crippen molar-refractivity contribution in [1.29, 1.82) is 0 Å². The predicted molar refractivity (Wildman–Crippen MR) is 54.8 cm³/mol. The van der Waals surface area contributed by atoms with Crippen molar-refractivity contribution in [1.82, 2.24) is 0 Å². The lowest BCUT2D eigenvalue weighted by Crippen LogP contribution is -1.97. The van der Waals surface area contributed by atoms with Crippen molar-refractivity contribution in [3.8, 4) is 0 Å². The minimum Gasteiger partial charge on any atom is -0.207 e. The average Bonchev–Trinajstić information content (AvgIpc) is 2.15. The molecule has 1 aromatic rings. The van der Waals surface area contributed by atoms with Crippen LogP contribution in [-0.4, -0.2) is 5.88 Å². The number of halogens is 2. The van der Waals surface area contributed by atoms with Crippen molar-refractivity contribution < 1.29 is 4.39 Å². The summed E-state index contributed by atoms with van der Waals surface area (Å²) in [7, 11) is 0. The van der Waals surface area contributed by atoms with E-state index < -0.39 is 0 Å². The summed E-state index contributed by atoms with van der Waals surface area (Å²) in [4.78, 5) is 0. The maximum absolute atomic E-state index is 13.2. The molecule has 13 heavy (non-hydrogen) atoms. The Morgan fingerprint density at radius 1 is 1.38 bits per heavy atom. The normalized spacial score (nSPS) is 10.4. The average molecular weight is 201 g/mol. The third kappa shape index (κ3) is 2.70. The molecule has 0 heterocycles. The van der Waals surface area contributed by atoms with Crippen LogP contribution in [0.25, 0.3) is 0 Å². The molecule has 0 saturated carbocycles. The minimum absolute atomic E-state index is 0.0884. The lowest BCUT2D eigenvalue weighted by molar-refractivity contribution is 0.608. The number of benzene rings is 1. The monoisotopic (exact) mass is 200 g/mol. The van der Waals surface area contributed by atoms with Crippen molar-refractivity contribution in [2.45, 2.75) is 26.2 Å². The molecule has 0 nitrogen and oxygen atoms in total. The van der Waals surface area contributed by atoms with Crippen LogP contribution in [0, 0.1) is 5.82 Å². The molecule has 0 atom stereocenters. The van der Waals surface area contributed by atoms with Crippen molar-refractivity contribution in [3.05, 3.63) is 35.1 Å². The summed E-state index contributed by atoms with van der Waals surface area (Å²) < 4.78 is 13.2. The maximum atomic E-state index is 13.2. The summed E-state index contributed by atoms with van der Waals surface area (Å²) in [6, 6.07) is 5.26. The third-order valence-electron chi connectivity index (χ3n) is 2.15. The number of alkyl halides is 1. The number of hydrogen-bond donors (Lipinski definition) is 0. The van der Waals surface area contributed by atoms with Crippen molar-refractivity contribution >= 4 is 11.6 Å². The molecule has 0 radical (unpaired) electrons. The molecule has 0 N–H and O–H groups in total. The lowest BCUT2D eigenvalue weighted by atomic mass is 10.0. The van der Waals surface area contributed by atoms with Gasteiger partial charge in [-0.15, -0.1) is 11.6 Å². The standard InChI is InChI=1S/C11H14ClF/c1-2-10-9(6-4-8-12)5-3-7-11(10)13/h3,5,7H,2,4,6,8H2,1H3. The van der Waals surface area contributed by atoms with E-state index in [2.05, 4.69) is 0 Å². The van der Waals surface area contributed by atoms with Crippen LogP contribution in [0.3, 0.4) is 0 Å². The fourth-order valence-corrected chi connectivity index (χ4v) is 1.62. The zero-order chi connectivity index (χ0) is 9.68. The van der Waals surface area contributed by atoms with E-state index in [4.69, 9.17) is 11.6 Å². The highest BCUT2D eigenvalue weighted by atomic mass is 35.5. The van der Waals surface area contributed by atoms with E-state index >= 15 is 0 Å². The first-order valence-electron chi connectivity index (χ1n) is 4.61. The summed E-state index contributed by atoms with van der Waals surface area (Å²) in [6.07, 6.45) is 2.55. The maximum Gasteiger partial charge on any atom is 0.126 e. The van der Waals surface area contributed by atoms with Gasteiger partial charge in [0.1, 0.15) is 5.82 Å². The van der Waals surface area contributed by atoms with E-state index in [1.54, 1.807) is 6.07 Å². The molecule has 0 aliphatic heterocycles. The summed E-state index contributed by atoms with van der Waals surface area (Å²) in [5, 5.41) is 0. The second kappa shape index (κ2) is 5.23. The van der Waals surface area contributed by atoms with E-state index in [0.717, 1.165) is 30.4 Å². The van der Waals surface area contributed by atoms with Gasteiger partial charge in [-0.05, 0) is 36.5 Å². The molecule has 0 aromatic heterocycles. The third-order valence-corrected chi connectivity index (χ3v) is 2.42. The molecule has 0 fully saturated rings. The Bertz CT molecular complexity index is 271. The fraction of sp³-hybridized carbons (Fsp3) is 0.455. The van der Waals surface area contributed by atoms with E-state index in [1.165, 1.54) is 6.07 Å². The Morgan fingerprint density at radius 2 is 2.15 bits per heavy atom. The fourth-order valence-electron chi connectivity index (χ4n) is 1.49. The van der Waals surface area contributed by atoms with Gasteiger partial charge in [0.05, 0.1) is 0 Å². The van der Waals surface area contributed by atoms with Crippen LogP contribution in [0.1, 0.15) is 24.5 Å². The van der Waals surface area contributed by atoms with Gasteiger partial charge in [0.15, 0.2) is 0 Å². The molecular formula is C11H14ClF. The summed E-state index contributed by atoms with van der Waals surface area (Å²) in [6.45, 7) is 1.97. The molecule has 1 rings (SSSR count). The van der Waals surface area contributed by atoms with Gasteiger partial charge in [0.25, 0.3) is 0 Å². The molecule has 0 saturated heterocycles. The predicted octanol–water partition coefficient (Wildman–Crippen LogP) is 3.56. The molecule has 0 aliphatic carbocycles. The Balaban J connectivity index is 2.85. The van der Waals surface area contributed by atoms with Crippen molar-refractivity contribution in [2.24, 2.45) is 0 Å². The van der Waals surface area contributed by atoms with Crippen LogP contribution in [0.15, 0.2) is 18.2 Å². The molecule has 0 amide bonds. The van der Waals surface area contributed by atoms with E-state index in [1.807, 2.05) is 13.0 Å². The molecule has 0 bridgehead atoms. The highest BCUT2D eigenvalue weighted by Crippen LogP contribution is 2.16. The van der Waals surface area contributed by atoms with Gasteiger partial charge < -0.3 is 0 Å². The Kier molecular flexibility index (Phi) is 4.23. The largest absolute Gasteiger partial charge is 0.207 e. The van der Waals surface area contributed by atoms with Gasteiger partial charge in [0.2, 0.25) is 0 Å². The topological polar surface area (TPSA) is 0 Å². The van der Waals surface area contributed by atoms with E-state index in [-0.39, 0.29) is 5.82 Å². The van der Waals surface area contributed by atoms with E-state index in [9.17, 15) is 4.39 Å². The Labute approximate surface area is 83.7 Å². The second-order valence-corrected chi connectivity index (χ2v) is 3.40. The lowest BCUT2D eigenvalue weighted by Gasteiger charge is -2.07. The zero-order valence-corrected chi connectivity index (χ0v) is 8.57. The Hall–Kier alpha value is -0.560. The van der Waals surface area contributed by atoms with Crippen LogP contribution in [0.4, 0.5) is 4.39 Å². The zero-order valence-electron chi connectivity index (χ0n) is 7.82. The number of rotatable bonds is 4. The quantitative estimate of drug-likeness (QED) is 0.652. The molecule has 1 aromatic carbocycles. The first-order valence-corrected chi connectivity index (χ1v) is 5.15. The smallest absolute Gasteiger partial charge is 0.126 e. The summed E-state index contributed by atoms with van der Waals surface area (Å²) in [5.41, 5.74) is 1.94. The van der Waals surface area contributed by atoms with Crippen molar-refractivity contribution in [2.75, 3.05) is 5.88 Å². The van der Waals surface area contributed by atoms with Gasteiger partial charge in [-0.2, -0.15) is 0 Å². The molecule has 72 valence electrons. The van der Waals surface area contributed by atoms with Crippen LogP contribution in [0.2, 0.25) is 0 Å². The first-order chi connectivity index (χ1) is 6.29. The van der Waals surface area contributed by atoms with Crippen LogP contribution >= 0.6 is 11.6 Å². The van der Waals surface area contributed by atoms with Crippen LogP contribution < -0.4 is 0 Å². The van der Waals surface area contributed by atoms with Crippen molar-refractivity contribution in [3.63, 3.8) is 0 Å². The summed E-state index contributed by atoms with van der Waals surface area (Å²) >= 11 is 5.59. The second-order valence-electron chi connectivity index (χ2n) is 3.02. The highest BCUT2D eigenvalue weighted by Gasteiger charge is 2.04. The SMILES string of the molecule is CCc1c(F)cccc1CCCCl. The van der Waals surface area contributed by atoms with Gasteiger partial charge in [-0.1, -0.05) is 19.1 Å². The van der Waals surface area contributed by atoms with Gasteiger partial charge in [0, 0.05) is 5.88 Å². The molecular weight excluding hydrogens is 187 g/mol. The van der Waals surface area contributed by atoms with Crippen LogP contribution in [0.5, 0.6) is 0 Å². The minimum atomic E-state index is -0.0884. The Morgan fingerprint density at radius 3 is 2.77 bits per heavy atom. The summed E-state index contributed by atoms with van der Waals surface area (Å²) in [5.74, 6) is 0.550. The molecule has 2 heteroatoms. The van der Waals surface area contributed by atoms with Gasteiger partial charge in [-0.25, -0.2) is 4.39 Å². The number of hydrogen-bond acceptors (Lipinski definition) is 0. The van der Waals surface area contributed by atoms with E-state index in [0.29, 0.717) is 5.88 Å². The number of aryl methyl sites for hydroxylation is 1. The van der Waals surface area contributed by atoms with Crippen LogP contribution in [-0.2, 0) is 12.8 Å². The highest BCUT2D eigenvalue weighted by molar-refractivity contribution is 6.17. The van der Waals surface area contributed by atoms with Gasteiger partial charge >= 0.3 is 0 Å². The first kappa shape index (κ1) is 10.5. The van der Waals surface area contributed by atoms with Gasteiger partial charge in [-0.3, -0.25) is 0 Å². The molecule has 0 unspecified atom stereocenters. The molecule has 0 aliphatic rings.